The summed E-state index contributed by atoms with van der Waals surface area (Å²) in [6, 6.07) is 5.43. The van der Waals surface area contributed by atoms with Crippen LogP contribution in [0.5, 0.6) is 11.5 Å². The lowest BCUT2D eigenvalue weighted by Gasteiger charge is -2.42. The van der Waals surface area contributed by atoms with Crippen molar-refractivity contribution in [2.75, 3.05) is 24.9 Å². The number of benzene rings is 1. The number of nitrogens with one attached hydrogen (secondary N) is 2. The van der Waals surface area contributed by atoms with Gasteiger partial charge in [-0.3, -0.25) is 4.72 Å². The van der Waals surface area contributed by atoms with Gasteiger partial charge in [0, 0.05) is 5.75 Å². The van der Waals surface area contributed by atoms with Crippen LogP contribution in [-0.4, -0.2) is 52.6 Å². The molecule has 3 atom stereocenters. The van der Waals surface area contributed by atoms with Crippen LogP contribution in [0.3, 0.4) is 0 Å². The highest BCUT2D eigenvalue weighted by Gasteiger charge is 2.26. The molecule has 0 aliphatic heterocycles. The summed E-state index contributed by atoms with van der Waals surface area (Å²) in [5.41, 5.74) is 3.48. The van der Waals surface area contributed by atoms with Crippen molar-refractivity contribution in [3.8, 4) is 11.5 Å². The Labute approximate surface area is 184 Å². The van der Waals surface area contributed by atoms with Gasteiger partial charge in [-0.2, -0.15) is 15.7 Å². The van der Waals surface area contributed by atoms with E-state index < -0.39 is 10.2 Å². The average molecular weight is 445 g/mol. The number of aryl methyl sites for hydroxylation is 1. The highest BCUT2D eigenvalue weighted by atomic mass is 32.3. The molecule has 1 aromatic carbocycles. The van der Waals surface area contributed by atoms with Crippen LogP contribution >= 0.6 is 10.2 Å². The molecule has 5 N–H and O–H groups in total. The molecule has 30 heavy (non-hydrogen) atoms. The van der Waals surface area contributed by atoms with E-state index in [9.17, 15) is 15.4 Å². The van der Waals surface area contributed by atoms with Crippen molar-refractivity contribution in [2.24, 2.45) is 5.92 Å². The Morgan fingerprint density at radius 2 is 1.83 bits per heavy atom. The lowest BCUT2D eigenvalue weighted by atomic mass is 10.1. The number of aliphatic hydroxyl groups is 1. The fourth-order valence-electron chi connectivity index (χ4n) is 3.52. The van der Waals surface area contributed by atoms with Gasteiger partial charge in [0.05, 0.1) is 19.4 Å². The Morgan fingerprint density at radius 1 is 1.13 bits per heavy atom. The van der Waals surface area contributed by atoms with Gasteiger partial charge in [0.25, 0.3) is 0 Å². The number of phenolic OH excluding ortho intramolecular Hbond substituents is 1. The van der Waals surface area contributed by atoms with Crippen LogP contribution in [-0.2, 0) is 6.42 Å². The van der Waals surface area contributed by atoms with Gasteiger partial charge in [-0.15, -0.1) is 0 Å². The molecular formula is C23H44N2O4S. The summed E-state index contributed by atoms with van der Waals surface area (Å²) in [5, 5.41) is 30.2. The Morgan fingerprint density at radius 3 is 2.43 bits per heavy atom. The number of methoxy groups -OCH3 is 1. The van der Waals surface area contributed by atoms with E-state index in [1.165, 1.54) is 25.7 Å². The Balaban J connectivity index is 2.79. The lowest BCUT2D eigenvalue weighted by Crippen LogP contribution is -2.47. The van der Waals surface area contributed by atoms with Gasteiger partial charge in [0.1, 0.15) is 0 Å². The second-order valence-electron chi connectivity index (χ2n) is 8.73. The molecule has 1 rings (SSSR count). The summed E-state index contributed by atoms with van der Waals surface area (Å²) in [4.78, 5) is 0. The number of aromatic hydroxyl groups is 1. The number of unbranched alkanes of at least 4 members (excludes halogenated alkanes) is 4. The van der Waals surface area contributed by atoms with E-state index in [-0.39, 0.29) is 23.9 Å². The largest absolute Gasteiger partial charge is 0.504 e. The number of rotatable bonds is 16. The summed E-state index contributed by atoms with van der Waals surface area (Å²) >= 11 is 0. The van der Waals surface area contributed by atoms with Crippen molar-refractivity contribution in [1.29, 1.82) is 0 Å². The third kappa shape index (κ3) is 9.88. The Hall–Kier alpha value is -0.990. The normalized spacial score (nSPS) is 16.8. The SMILES string of the molecule is CCCCCCCC(O)CS(C)(CCc1ccc(O)c(OC)c1)NC(NO)C(C)C. The molecule has 0 saturated carbocycles. The zero-order valence-corrected chi connectivity index (χ0v) is 20.3. The van der Waals surface area contributed by atoms with Crippen LogP contribution < -0.4 is 14.9 Å². The van der Waals surface area contributed by atoms with E-state index in [1.54, 1.807) is 13.2 Å². The number of hydroxylamine groups is 1. The maximum absolute atomic E-state index is 10.7. The first-order valence-electron chi connectivity index (χ1n) is 11.2. The molecule has 176 valence electrons. The molecule has 7 heteroatoms. The second kappa shape index (κ2) is 14.1. The van der Waals surface area contributed by atoms with Crippen LogP contribution in [0.15, 0.2) is 18.2 Å². The van der Waals surface area contributed by atoms with Gasteiger partial charge >= 0.3 is 0 Å². The van der Waals surface area contributed by atoms with Gasteiger partial charge < -0.3 is 20.2 Å². The van der Waals surface area contributed by atoms with Gasteiger partial charge in [-0.25, -0.2) is 0 Å². The van der Waals surface area contributed by atoms with Gasteiger partial charge in [0.15, 0.2) is 11.5 Å². The van der Waals surface area contributed by atoms with Gasteiger partial charge in [0.2, 0.25) is 0 Å². The zero-order chi connectivity index (χ0) is 22.6. The topological polar surface area (TPSA) is 94.0 Å². The number of ether oxygens (including phenoxy) is 1. The predicted octanol–water partition coefficient (Wildman–Crippen LogP) is 4.56. The highest BCUT2D eigenvalue weighted by molar-refractivity contribution is 8.31. The first-order chi connectivity index (χ1) is 14.2. The van der Waals surface area contributed by atoms with Crippen LogP contribution in [0.2, 0.25) is 0 Å². The van der Waals surface area contributed by atoms with E-state index in [1.807, 2.05) is 12.1 Å². The second-order valence-corrected chi connectivity index (χ2v) is 12.3. The van der Waals surface area contributed by atoms with E-state index in [0.717, 1.165) is 30.6 Å². The number of phenols is 1. The molecule has 0 bridgehead atoms. The van der Waals surface area contributed by atoms with Crippen molar-refractivity contribution in [3.05, 3.63) is 23.8 Å². The van der Waals surface area contributed by atoms with Crippen molar-refractivity contribution in [3.63, 3.8) is 0 Å². The van der Waals surface area contributed by atoms with Gasteiger partial charge in [-0.1, -0.05) is 58.9 Å². The fraction of sp³-hybridized carbons (Fsp3) is 0.739. The van der Waals surface area contributed by atoms with E-state index in [4.69, 9.17) is 4.74 Å². The van der Waals surface area contributed by atoms with E-state index in [0.29, 0.717) is 11.5 Å². The van der Waals surface area contributed by atoms with Crippen LogP contribution in [0.1, 0.15) is 64.9 Å². The minimum atomic E-state index is -1.40. The summed E-state index contributed by atoms with van der Waals surface area (Å²) in [7, 11) is 0.153. The first-order valence-corrected chi connectivity index (χ1v) is 13.6. The molecule has 0 radical (unpaired) electrons. The quantitative estimate of drug-likeness (QED) is 0.146. The van der Waals surface area contributed by atoms with E-state index in [2.05, 4.69) is 37.2 Å². The third-order valence-electron chi connectivity index (χ3n) is 5.50. The molecule has 0 saturated heterocycles. The molecule has 0 spiro atoms. The average Bonchev–Trinajstić information content (AvgIpc) is 2.71. The van der Waals surface area contributed by atoms with Crippen molar-refractivity contribution in [1.82, 2.24) is 10.2 Å². The minimum Gasteiger partial charge on any atom is -0.504 e. The highest BCUT2D eigenvalue weighted by Crippen LogP contribution is 2.43. The molecule has 0 fully saturated rings. The van der Waals surface area contributed by atoms with Crippen LogP contribution in [0.4, 0.5) is 0 Å². The number of hydrogen-bond acceptors (Lipinski definition) is 6. The molecule has 0 amide bonds. The Bertz CT molecular complexity index is 603. The third-order valence-corrected chi connectivity index (χ3v) is 8.55. The molecule has 0 aromatic heterocycles. The molecule has 0 aliphatic rings. The van der Waals surface area contributed by atoms with Crippen molar-refractivity contribution < 1.29 is 20.2 Å². The summed E-state index contributed by atoms with van der Waals surface area (Å²) in [6.07, 6.45) is 9.18. The standard InChI is InChI=1S/C23H44N2O4S/c1-6-7-8-9-10-11-20(26)17-30(5,25-23(24-28)18(2)3)15-14-19-12-13-21(27)22(16-19)29-4/h12-13,16,18,20,23-28H,6-11,14-15,17H2,1-5H3. The predicted molar refractivity (Wildman–Crippen MR) is 128 cm³/mol. The molecule has 0 aliphatic carbocycles. The molecule has 0 heterocycles. The number of aliphatic hydroxyl groups excluding tert-OH is 1. The molecule has 1 aromatic rings. The van der Waals surface area contributed by atoms with E-state index >= 15 is 0 Å². The monoisotopic (exact) mass is 444 g/mol. The zero-order valence-electron chi connectivity index (χ0n) is 19.5. The maximum Gasteiger partial charge on any atom is 0.160 e. The summed E-state index contributed by atoms with van der Waals surface area (Å²) in [6.45, 7) is 6.31. The first kappa shape index (κ1) is 27.0. The number of hydrogen-bond donors (Lipinski definition) is 5. The van der Waals surface area contributed by atoms with Crippen molar-refractivity contribution in [2.45, 2.75) is 78.0 Å². The summed E-state index contributed by atoms with van der Waals surface area (Å²) < 4.78 is 8.84. The Kier molecular flexibility index (Phi) is 12.8. The van der Waals surface area contributed by atoms with Crippen LogP contribution in [0, 0.1) is 5.92 Å². The smallest absolute Gasteiger partial charge is 0.160 e. The van der Waals surface area contributed by atoms with Crippen LogP contribution in [0.25, 0.3) is 0 Å². The lowest BCUT2D eigenvalue weighted by molar-refractivity contribution is 0.0996. The van der Waals surface area contributed by atoms with Crippen molar-refractivity contribution >= 4 is 10.2 Å². The van der Waals surface area contributed by atoms with Gasteiger partial charge in [-0.05, 0) is 48.5 Å². The molecule has 3 unspecified atom stereocenters. The molecule has 6 nitrogen and oxygen atoms in total. The molecular weight excluding hydrogens is 400 g/mol. The summed E-state index contributed by atoms with van der Waals surface area (Å²) in [5.74, 6) is 2.38. The minimum absolute atomic E-state index is 0.136. The maximum atomic E-state index is 10.7. The fourth-order valence-corrected chi connectivity index (χ4v) is 6.54.